The quantitative estimate of drug-likeness (QED) is 0.691. The van der Waals surface area contributed by atoms with Crippen LogP contribution in [-0.4, -0.2) is 50.1 Å². The van der Waals surface area contributed by atoms with Gasteiger partial charge in [-0.3, -0.25) is 9.69 Å². The molecule has 1 heterocycles. The van der Waals surface area contributed by atoms with Crippen LogP contribution in [0.15, 0.2) is 42.5 Å². The molecule has 2 aromatic carbocycles. The molecule has 6 nitrogen and oxygen atoms in total. The number of rotatable bonds is 5. The second-order valence-corrected chi connectivity index (χ2v) is 6.62. The van der Waals surface area contributed by atoms with Crippen LogP contribution < -0.4 is 20.7 Å². The molecule has 0 radical (unpaired) electrons. The van der Waals surface area contributed by atoms with Gasteiger partial charge in [-0.15, -0.1) is 24.8 Å². The predicted octanol–water partition coefficient (Wildman–Crippen LogP) is 3.41. The van der Waals surface area contributed by atoms with Crippen LogP contribution in [0.1, 0.15) is 6.92 Å². The number of halogens is 3. The van der Waals surface area contributed by atoms with Crippen molar-refractivity contribution < 1.29 is 13.9 Å². The van der Waals surface area contributed by atoms with E-state index < -0.39 is 0 Å². The minimum absolute atomic E-state index is 0. The highest BCUT2D eigenvalue weighted by Gasteiger charge is 2.26. The van der Waals surface area contributed by atoms with Gasteiger partial charge in [0, 0.05) is 37.9 Å². The van der Waals surface area contributed by atoms with Gasteiger partial charge in [-0.2, -0.15) is 0 Å². The first-order valence-corrected chi connectivity index (χ1v) is 8.97. The molecule has 2 aromatic rings. The summed E-state index contributed by atoms with van der Waals surface area (Å²) < 4.78 is 18.3. The number of anilines is 3. The summed E-state index contributed by atoms with van der Waals surface area (Å²) in [6.07, 6.45) is 0. The second-order valence-electron chi connectivity index (χ2n) is 6.62. The second kappa shape index (κ2) is 11.1. The van der Waals surface area contributed by atoms with Gasteiger partial charge in [0.25, 0.3) is 0 Å². The van der Waals surface area contributed by atoms with Crippen molar-refractivity contribution in [3.63, 3.8) is 0 Å². The molecule has 1 aliphatic heterocycles. The standard InChI is InChI=1S/C20H25FN4O2.2ClH/c1-14(20(26)23-19-13-17(27-2)7-8-18(19)22)24-9-11-25(12-10-24)16-5-3-15(21)4-6-16;;/h3-8,13-14H,9-12,22H2,1-2H3,(H,23,26);2*1H. The molecule has 1 amide bonds. The molecule has 0 aliphatic carbocycles. The molecule has 0 saturated carbocycles. The molecule has 1 aliphatic rings. The summed E-state index contributed by atoms with van der Waals surface area (Å²) >= 11 is 0. The van der Waals surface area contributed by atoms with Gasteiger partial charge in [0.1, 0.15) is 11.6 Å². The number of carbonyl (C=O) groups excluding carboxylic acids is 1. The lowest BCUT2D eigenvalue weighted by molar-refractivity contribution is -0.120. The first-order chi connectivity index (χ1) is 13.0. The van der Waals surface area contributed by atoms with Crippen LogP contribution in [0.4, 0.5) is 21.5 Å². The molecular formula is C20H27Cl2FN4O2. The van der Waals surface area contributed by atoms with Gasteiger partial charge in [0.15, 0.2) is 0 Å². The van der Waals surface area contributed by atoms with E-state index in [1.54, 1.807) is 37.4 Å². The van der Waals surface area contributed by atoms with E-state index in [2.05, 4.69) is 15.1 Å². The first kappa shape index (κ1) is 24.8. The van der Waals surface area contributed by atoms with Crippen LogP contribution in [0.3, 0.4) is 0 Å². The summed E-state index contributed by atoms with van der Waals surface area (Å²) in [4.78, 5) is 17.0. The minimum Gasteiger partial charge on any atom is -0.497 e. The van der Waals surface area contributed by atoms with Crippen LogP contribution in [0, 0.1) is 5.82 Å². The van der Waals surface area contributed by atoms with Gasteiger partial charge in [0.2, 0.25) is 5.91 Å². The fraction of sp³-hybridized carbons (Fsp3) is 0.350. The van der Waals surface area contributed by atoms with Crippen LogP contribution in [0.5, 0.6) is 5.75 Å². The van der Waals surface area contributed by atoms with E-state index in [1.165, 1.54) is 12.1 Å². The van der Waals surface area contributed by atoms with Crippen molar-refractivity contribution in [2.45, 2.75) is 13.0 Å². The summed E-state index contributed by atoms with van der Waals surface area (Å²) in [6, 6.07) is 11.4. The van der Waals surface area contributed by atoms with E-state index in [0.717, 1.165) is 31.9 Å². The largest absolute Gasteiger partial charge is 0.497 e. The van der Waals surface area contributed by atoms with Crippen molar-refractivity contribution in [1.29, 1.82) is 0 Å². The molecule has 0 spiro atoms. The Balaban J connectivity index is 0.00000210. The maximum atomic E-state index is 13.1. The molecule has 3 rings (SSSR count). The number of nitrogens with one attached hydrogen (secondary N) is 1. The average Bonchev–Trinajstić information content (AvgIpc) is 2.69. The molecule has 1 unspecified atom stereocenters. The molecule has 1 fully saturated rings. The Morgan fingerprint density at radius 2 is 1.72 bits per heavy atom. The molecular weight excluding hydrogens is 418 g/mol. The molecule has 160 valence electrons. The highest BCUT2D eigenvalue weighted by atomic mass is 35.5. The number of ether oxygens (including phenoxy) is 1. The highest BCUT2D eigenvalue weighted by molar-refractivity contribution is 5.97. The monoisotopic (exact) mass is 444 g/mol. The van der Waals surface area contributed by atoms with Crippen LogP contribution in [0.25, 0.3) is 0 Å². The van der Waals surface area contributed by atoms with Crippen molar-refractivity contribution in [1.82, 2.24) is 4.90 Å². The van der Waals surface area contributed by atoms with Crippen molar-refractivity contribution >= 4 is 47.8 Å². The van der Waals surface area contributed by atoms with Gasteiger partial charge in [-0.25, -0.2) is 4.39 Å². The van der Waals surface area contributed by atoms with E-state index in [9.17, 15) is 9.18 Å². The number of nitrogens with two attached hydrogens (primary N) is 1. The molecule has 0 bridgehead atoms. The summed E-state index contributed by atoms with van der Waals surface area (Å²) in [5.74, 6) is 0.296. The van der Waals surface area contributed by atoms with Crippen LogP contribution >= 0.6 is 24.8 Å². The summed E-state index contributed by atoms with van der Waals surface area (Å²) in [5.41, 5.74) is 7.99. The third-order valence-electron chi connectivity index (χ3n) is 4.95. The van der Waals surface area contributed by atoms with E-state index in [0.29, 0.717) is 17.1 Å². The Morgan fingerprint density at radius 3 is 2.31 bits per heavy atom. The summed E-state index contributed by atoms with van der Waals surface area (Å²) in [7, 11) is 1.57. The maximum Gasteiger partial charge on any atom is 0.241 e. The van der Waals surface area contributed by atoms with Gasteiger partial charge in [0.05, 0.1) is 24.5 Å². The summed E-state index contributed by atoms with van der Waals surface area (Å²) in [6.45, 7) is 4.95. The predicted molar refractivity (Wildman–Crippen MR) is 120 cm³/mol. The maximum absolute atomic E-state index is 13.1. The Bertz CT molecular complexity index is 800. The lowest BCUT2D eigenvalue weighted by atomic mass is 10.2. The number of nitrogen functional groups attached to an aromatic ring is 1. The zero-order valence-electron chi connectivity index (χ0n) is 16.4. The third-order valence-corrected chi connectivity index (χ3v) is 4.95. The minimum atomic E-state index is -0.286. The fourth-order valence-corrected chi connectivity index (χ4v) is 3.19. The number of piperazine rings is 1. The molecule has 1 atom stereocenters. The molecule has 0 aromatic heterocycles. The third kappa shape index (κ3) is 6.13. The zero-order valence-corrected chi connectivity index (χ0v) is 18.1. The van der Waals surface area contributed by atoms with Crippen molar-refractivity contribution in [3.8, 4) is 5.75 Å². The summed E-state index contributed by atoms with van der Waals surface area (Å²) in [5, 5.41) is 2.89. The first-order valence-electron chi connectivity index (χ1n) is 8.97. The topological polar surface area (TPSA) is 70.8 Å². The van der Waals surface area contributed by atoms with Gasteiger partial charge < -0.3 is 20.7 Å². The van der Waals surface area contributed by atoms with E-state index in [1.807, 2.05) is 6.92 Å². The molecule has 9 heteroatoms. The molecule has 29 heavy (non-hydrogen) atoms. The number of amides is 1. The Morgan fingerprint density at radius 1 is 1.10 bits per heavy atom. The van der Waals surface area contributed by atoms with Gasteiger partial charge >= 0.3 is 0 Å². The molecule has 3 N–H and O–H groups in total. The number of nitrogens with zero attached hydrogens (tertiary/aromatic N) is 2. The van der Waals surface area contributed by atoms with Crippen LogP contribution in [-0.2, 0) is 4.79 Å². The number of hydrogen-bond donors (Lipinski definition) is 2. The van der Waals surface area contributed by atoms with E-state index in [4.69, 9.17) is 10.5 Å². The number of benzene rings is 2. The smallest absolute Gasteiger partial charge is 0.241 e. The fourth-order valence-electron chi connectivity index (χ4n) is 3.19. The Labute approximate surface area is 183 Å². The van der Waals surface area contributed by atoms with E-state index in [-0.39, 0.29) is 42.6 Å². The van der Waals surface area contributed by atoms with Crippen molar-refractivity contribution in [2.75, 3.05) is 49.2 Å². The lowest BCUT2D eigenvalue weighted by Gasteiger charge is -2.38. The van der Waals surface area contributed by atoms with Crippen molar-refractivity contribution in [3.05, 3.63) is 48.3 Å². The highest BCUT2D eigenvalue weighted by Crippen LogP contribution is 2.25. The average molecular weight is 445 g/mol. The van der Waals surface area contributed by atoms with Gasteiger partial charge in [-0.05, 0) is 43.3 Å². The van der Waals surface area contributed by atoms with Gasteiger partial charge in [-0.1, -0.05) is 0 Å². The van der Waals surface area contributed by atoms with Crippen molar-refractivity contribution in [2.24, 2.45) is 0 Å². The molecule has 1 saturated heterocycles. The lowest BCUT2D eigenvalue weighted by Crippen LogP contribution is -2.52. The number of methoxy groups -OCH3 is 1. The Kier molecular flexibility index (Phi) is 9.49. The van der Waals surface area contributed by atoms with Crippen LogP contribution in [0.2, 0.25) is 0 Å². The number of carbonyl (C=O) groups is 1. The zero-order chi connectivity index (χ0) is 19.4. The Hall–Kier alpha value is -2.22. The van der Waals surface area contributed by atoms with E-state index >= 15 is 0 Å². The number of hydrogen-bond acceptors (Lipinski definition) is 5. The SMILES string of the molecule is COc1ccc(N)c(NC(=O)C(C)N2CCN(c3ccc(F)cc3)CC2)c1.Cl.Cl. The normalized spacial score (nSPS) is 14.9.